The van der Waals surface area contributed by atoms with E-state index in [1.54, 1.807) is 30.3 Å². The first kappa shape index (κ1) is 19.0. The number of rotatable bonds is 0. The summed E-state index contributed by atoms with van der Waals surface area (Å²) >= 11 is -3.67. The van der Waals surface area contributed by atoms with Crippen molar-refractivity contribution >= 4 is 20.2 Å². The van der Waals surface area contributed by atoms with Crippen LogP contribution in [-0.2, 0) is 8.67 Å². The summed E-state index contributed by atoms with van der Waals surface area (Å²) in [6.45, 7) is 0. The van der Waals surface area contributed by atoms with Crippen LogP contribution in [0.1, 0.15) is 11.1 Å². The van der Waals surface area contributed by atoms with Crippen LogP contribution < -0.4 is 0 Å². The van der Waals surface area contributed by atoms with E-state index >= 15 is 0 Å². The molecule has 0 saturated heterocycles. The molecule has 0 spiro atoms. The van der Waals surface area contributed by atoms with Crippen molar-refractivity contribution < 1.29 is 33.8 Å². The molecule has 0 aliphatic carbocycles. The van der Waals surface area contributed by atoms with Gasteiger partial charge in [0.25, 0.3) is 0 Å². The van der Waals surface area contributed by atoms with Crippen molar-refractivity contribution in [3.63, 3.8) is 0 Å². The molecule has 0 amide bonds. The number of benzene rings is 2. The normalized spacial score (nSPS) is 17.4. The van der Waals surface area contributed by atoms with Gasteiger partial charge in [0.1, 0.15) is 0 Å². The third kappa shape index (κ3) is 3.05. The number of alkyl halides is 6. The van der Waals surface area contributed by atoms with Gasteiger partial charge in [0.05, 0.1) is 0 Å². The third-order valence-electron chi connectivity index (χ3n) is 3.54. The number of halogens is 8. The molecule has 26 heavy (non-hydrogen) atoms. The fourth-order valence-corrected chi connectivity index (χ4v) is 6.52. The second kappa shape index (κ2) is 6.42. The van der Waals surface area contributed by atoms with E-state index in [-0.39, 0.29) is 9.64 Å². The summed E-state index contributed by atoms with van der Waals surface area (Å²) < 4.78 is 101. The van der Waals surface area contributed by atoms with E-state index in [9.17, 15) is 30.7 Å². The van der Waals surface area contributed by atoms with Crippen molar-refractivity contribution in [2.45, 2.75) is 18.0 Å². The number of fused-ring (bicyclic) bond motifs is 1. The van der Waals surface area contributed by atoms with E-state index in [1.165, 1.54) is 0 Å². The van der Waals surface area contributed by atoms with Crippen molar-refractivity contribution in [3.05, 3.63) is 69.0 Å². The maximum atomic E-state index is 13.5. The van der Waals surface area contributed by atoms with Crippen LogP contribution in [0.25, 0.3) is 0 Å². The van der Waals surface area contributed by atoms with Gasteiger partial charge in [0.2, 0.25) is 0 Å². The molecule has 0 N–H and O–H groups in total. The van der Waals surface area contributed by atoms with E-state index in [0.717, 1.165) is 12.1 Å². The average molecular weight is 488 g/mol. The van der Waals surface area contributed by atoms with Crippen LogP contribution in [0.5, 0.6) is 0 Å². The molecule has 0 saturated carbocycles. The van der Waals surface area contributed by atoms with Crippen LogP contribution in [0.4, 0.5) is 30.7 Å². The Kier molecular flexibility index (Phi) is 4.69. The van der Waals surface area contributed by atoms with Crippen LogP contribution in [0, 0.1) is 19.2 Å². The van der Waals surface area contributed by atoms with E-state index in [2.05, 4.69) is 12.9 Å². The van der Waals surface area contributed by atoms with E-state index in [0.29, 0.717) is 5.56 Å². The van der Waals surface area contributed by atoms with Crippen LogP contribution in [0.3, 0.4) is 0 Å². The molecule has 1 aliphatic heterocycles. The third-order valence-corrected chi connectivity index (χ3v) is 7.39. The molecule has 0 fully saturated rings. The molecule has 0 bridgehead atoms. The molecule has 2 aromatic carbocycles. The molecule has 9 heteroatoms. The Hall–Kier alpha value is -1.80. The molecule has 1 heterocycles. The zero-order valence-corrected chi connectivity index (χ0v) is 14.7. The monoisotopic (exact) mass is 488 g/mol. The molecule has 1 aliphatic rings. The van der Waals surface area contributed by atoms with E-state index < -0.39 is 49.6 Å². The van der Waals surface area contributed by atoms with Crippen molar-refractivity contribution in [1.82, 2.24) is 0 Å². The second-order valence-electron chi connectivity index (χ2n) is 5.21. The predicted octanol–water partition coefficient (Wildman–Crippen LogP) is 5.78. The van der Waals surface area contributed by atoms with E-state index in [4.69, 9.17) is 0 Å². The summed E-state index contributed by atoms with van der Waals surface area (Å²) in [5, 5.41) is 0. The molecule has 0 unspecified atom stereocenters. The van der Waals surface area contributed by atoms with Gasteiger partial charge in [-0.2, -0.15) is 0 Å². The SMILES string of the molecule is Fc1ccc2c(c1)C(C(F)(F)F)(C(F)(F)F)OI2C#Cc1ccccc1. The van der Waals surface area contributed by atoms with Crippen LogP contribution in [0.2, 0.25) is 0 Å². The quantitative estimate of drug-likeness (QED) is 0.260. The summed E-state index contributed by atoms with van der Waals surface area (Å²) in [6.07, 6.45) is -11.6. The molecular weight excluding hydrogens is 480 g/mol. The molecular formula is C17H8F7IO. The van der Waals surface area contributed by atoms with Gasteiger partial charge in [-0.05, 0) is 0 Å². The van der Waals surface area contributed by atoms with E-state index in [1.807, 2.05) is 0 Å². The minimum absolute atomic E-state index is 0.234. The van der Waals surface area contributed by atoms with Crippen molar-refractivity contribution in [3.8, 4) is 9.85 Å². The Morgan fingerprint density at radius 2 is 1.50 bits per heavy atom. The summed E-state index contributed by atoms with van der Waals surface area (Å²) in [6, 6.07) is 10.0. The van der Waals surface area contributed by atoms with Crippen molar-refractivity contribution in [1.29, 1.82) is 0 Å². The topological polar surface area (TPSA) is 9.23 Å². The van der Waals surface area contributed by atoms with Crippen molar-refractivity contribution in [2.75, 3.05) is 0 Å². The summed E-state index contributed by atoms with van der Waals surface area (Å²) in [7, 11) is 0. The molecule has 2 aromatic rings. The zero-order chi connectivity index (χ0) is 19.2. The van der Waals surface area contributed by atoms with Crippen LogP contribution >= 0.6 is 20.2 Å². The number of hydrogen-bond donors (Lipinski definition) is 0. The second-order valence-corrected chi connectivity index (χ2v) is 8.77. The molecule has 0 atom stereocenters. The van der Waals surface area contributed by atoms with Gasteiger partial charge in [-0.25, -0.2) is 0 Å². The Morgan fingerprint density at radius 1 is 0.885 bits per heavy atom. The summed E-state index contributed by atoms with van der Waals surface area (Å²) in [5.74, 6) is 1.34. The predicted molar refractivity (Wildman–Crippen MR) is 87.3 cm³/mol. The van der Waals surface area contributed by atoms with Gasteiger partial charge in [-0.1, -0.05) is 0 Å². The van der Waals surface area contributed by atoms with Crippen LogP contribution in [0.15, 0.2) is 48.5 Å². The molecule has 3 rings (SSSR count). The summed E-state index contributed by atoms with van der Waals surface area (Å²) in [5.41, 5.74) is -5.40. The van der Waals surface area contributed by atoms with Gasteiger partial charge in [0, 0.05) is 0 Å². The Balaban J connectivity index is 2.17. The minimum atomic E-state index is -5.81. The van der Waals surface area contributed by atoms with Gasteiger partial charge in [-0.15, -0.1) is 0 Å². The Labute approximate surface area is 151 Å². The number of hydrogen-bond acceptors (Lipinski definition) is 1. The first-order valence-corrected chi connectivity index (χ1v) is 10.00. The van der Waals surface area contributed by atoms with Gasteiger partial charge in [0.15, 0.2) is 0 Å². The average Bonchev–Trinajstić information content (AvgIpc) is 2.88. The summed E-state index contributed by atoms with van der Waals surface area (Å²) in [4.78, 5) is 0. The van der Waals surface area contributed by atoms with Crippen LogP contribution in [-0.4, -0.2) is 12.4 Å². The van der Waals surface area contributed by atoms with Gasteiger partial charge >= 0.3 is 151 Å². The molecule has 138 valence electrons. The Bertz CT molecular complexity index is 864. The fraction of sp³-hybridized carbons (Fsp3) is 0.176. The van der Waals surface area contributed by atoms with Crippen molar-refractivity contribution in [2.24, 2.45) is 0 Å². The molecule has 0 aromatic heterocycles. The first-order chi connectivity index (χ1) is 12.1. The Morgan fingerprint density at radius 3 is 2.08 bits per heavy atom. The van der Waals surface area contributed by atoms with Gasteiger partial charge < -0.3 is 0 Å². The fourth-order valence-electron chi connectivity index (χ4n) is 2.36. The maximum absolute atomic E-state index is 13.5. The van der Waals surface area contributed by atoms with Gasteiger partial charge in [-0.3, -0.25) is 0 Å². The standard InChI is InChI=1S/C17H8F7IO/c18-12-6-7-14-13(10-12)15(16(19,20)21,17(22,23)24)26-25(14)9-8-11-4-2-1-3-5-11/h1-7,10H. The first-order valence-electron chi connectivity index (χ1n) is 6.96. The molecule has 0 radical (unpaired) electrons. The molecule has 1 nitrogen and oxygen atoms in total. The zero-order valence-electron chi connectivity index (χ0n) is 12.6.